The lowest BCUT2D eigenvalue weighted by atomic mass is 9.78. The van der Waals surface area contributed by atoms with E-state index in [2.05, 4.69) is 23.0 Å². The van der Waals surface area contributed by atoms with E-state index in [1.54, 1.807) is 0 Å². The Morgan fingerprint density at radius 3 is 2.81 bits per heavy atom. The Kier molecular flexibility index (Phi) is 4.04. The van der Waals surface area contributed by atoms with Crippen LogP contribution in [0.1, 0.15) is 49.7 Å². The first-order valence-electron chi connectivity index (χ1n) is 8.06. The van der Waals surface area contributed by atoms with E-state index in [1.807, 2.05) is 12.1 Å². The molecule has 0 spiro atoms. The molecule has 2 aliphatic rings. The maximum atomic E-state index is 9.06. The van der Waals surface area contributed by atoms with Crippen LogP contribution in [0.2, 0.25) is 0 Å². The third kappa shape index (κ3) is 2.71. The first-order valence-corrected chi connectivity index (χ1v) is 8.06. The van der Waals surface area contributed by atoms with Crippen molar-refractivity contribution in [1.82, 2.24) is 0 Å². The summed E-state index contributed by atoms with van der Waals surface area (Å²) >= 11 is 0. The van der Waals surface area contributed by atoms with Crippen molar-refractivity contribution in [2.45, 2.75) is 51.5 Å². The summed E-state index contributed by atoms with van der Waals surface area (Å²) in [5.74, 6) is 1.02. The number of benzene rings is 1. The minimum Gasteiger partial charge on any atom is -0.409 e. The fourth-order valence-electron chi connectivity index (χ4n) is 4.07. The Bertz CT molecular complexity index is 539. The van der Waals surface area contributed by atoms with Crippen molar-refractivity contribution in [1.29, 1.82) is 0 Å². The zero-order chi connectivity index (χ0) is 14.8. The number of piperidine rings is 1. The van der Waals surface area contributed by atoms with Crippen LogP contribution >= 0.6 is 0 Å². The van der Waals surface area contributed by atoms with Crippen LogP contribution in [0.15, 0.2) is 23.4 Å². The van der Waals surface area contributed by atoms with Crippen LogP contribution in [0.5, 0.6) is 0 Å². The monoisotopic (exact) mass is 287 g/mol. The minimum absolute atomic E-state index is 0.211. The smallest absolute Gasteiger partial charge is 0.172 e. The Labute approximate surface area is 126 Å². The predicted octanol–water partition coefficient (Wildman–Crippen LogP) is 3.25. The van der Waals surface area contributed by atoms with Gasteiger partial charge in [-0.1, -0.05) is 24.1 Å². The molecular formula is C17H25N3O. The van der Waals surface area contributed by atoms with Gasteiger partial charge in [0.1, 0.15) is 0 Å². The van der Waals surface area contributed by atoms with Crippen molar-refractivity contribution < 1.29 is 5.21 Å². The van der Waals surface area contributed by atoms with Gasteiger partial charge in [0.2, 0.25) is 0 Å². The van der Waals surface area contributed by atoms with E-state index in [4.69, 9.17) is 10.9 Å². The molecule has 0 amide bonds. The molecule has 0 bridgehead atoms. The van der Waals surface area contributed by atoms with Gasteiger partial charge >= 0.3 is 0 Å². The molecule has 114 valence electrons. The molecule has 1 aromatic rings. The van der Waals surface area contributed by atoms with Gasteiger partial charge in [0.25, 0.3) is 0 Å². The molecule has 1 saturated heterocycles. The number of hydrogen-bond acceptors (Lipinski definition) is 3. The summed E-state index contributed by atoms with van der Waals surface area (Å²) in [4.78, 5) is 2.52. The highest BCUT2D eigenvalue weighted by atomic mass is 16.4. The lowest BCUT2D eigenvalue weighted by Gasteiger charge is -2.46. The van der Waals surface area contributed by atoms with Gasteiger partial charge in [0.15, 0.2) is 5.84 Å². The van der Waals surface area contributed by atoms with Crippen LogP contribution < -0.4 is 10.6 Å². The lowest BCUT2D eigenvalue weighted by Crippen LogP contribution is -2.47. The minimum atomic E-state index is 0.211. The van der Waals surface area contributed by atoms with Crippen LogP contribution in [0, 0.1) is 12.8 Å². The molecule has 1 aliphatic carbocycles. The van der Waals surface area contributed by atoms with Crippen LogP contribution in [0.4, 0.5) is 5.69 Å². The Hall–Kier alpha value is -1.71. The van der Waals surface area contributed by atoms with Crippen molar-refractivity contribution in [3.8, 4) is 0 Å². The van der Waals surface area contributed by atoms with Crippen molar-refractivity contribution >= 4 is 11.5 Å². The first kappa shape index (κ1) is 14.2. The number of fused-ring (bicyclic) bond motifs is 1. The summed E-state index contributed by atoms with van der Waals surface area (Å²) in [7, 11) is 0. The molecule has 2 unspecified atom stereocenters. The van der Waals surface area contributed by atoms with Crippen LogP contribution in [0.3, 0.4) is 0 Å². The Balaban J connectivity index is 1.99. The maximum Gasteiger partial charge on any atom is 0.172 e. The van der Waals surface area contributed by atoms with Crippen LogP contribution in [-0.2, 0) is 0 Å². The normalized spacial score (nSPS) is 26.5. The van der Waals surface area contributed by atoms with E-state index in [0.717, 1.165) is 23.7 Å². The fourth-order valence-corrected chi connectivity index (χ4v) is 4.07. The molecule has 2 fully saturated rings. The first-order chi connectivity index (χ1) is 10.2. The molecule has 3 rings (SSSR count). The zero-order valence-corrected chi connectivity index (χ0v) is 12.8. The number of oxime groups is 1. The molecule has 4 nitrogen and oxygen atoms in total. The molecule has 1 heterocycles. The highest BCUT2D eigenvalue weighted by molar-refractivity contribution is 6.02. The molecule has 4 heteroatoms. The molecule has 3 N–H and O–H groups in total. The van der Waals surface area contributed by atoms with Gasteiger partial charge in [-0.3, -0.25) is 0 Å². The van der Waals surface area contributed by atoms with Gasteiger partial charge in [-0.05, 0) is 56.2 Å². The lowest BCUT2D eigenvalue weighted by molar-refractivity contribution is 0.243. The largest absolute Gasteiger partial charge is 0.409 e. The van der Waals surface area contributed by atoms with E-state index >= 15 is 0 Å². The van der Waals surface area contributed by atoms with Gasteiger partial charge in [-0.15, -0.1) is 0 Å². The number of anilines is 1. The number of hydrogen-bond donors (Lipinski definition) is 2. The molecular weight excluding hydrogens is 262 g/mol. The number of aryl methyl sites for hydroxylation is 1. The maximum absolute atomic E-state index is 9.06. The summed E-state index contributed by atoms with van der Waals surface area (Å²) in [6, 6.07) is 6.81. The quantitative estimate of drug-likeness (QED) is 0.380. The molecule has 2 atom stereocenters. The average Bonchev–Trinajstić information content (AvgIpc) is 2.53. The molecule has 1 saturated carbocycles. The highest BCUT2D eigenvalue weighted by Gasteiger charge is 2.34. The van der Waals surface area contributed by atoms with Gasteiger partial charge in [-0.25, -0.2) is 0 Å². The van der Waals surface area contributed by atoms with Gasteiger partial charge in [0, 0.05) is 23.8 Å². The molecule has 1 aromatic carbocycles. The topological polar surface area (TPSA) is 61.9 Å². The van der Waals surface area contributed by atoms with E-state index in [0.29, 0.717) is 6.04 Å². The molecule has 0 aromatic heterocycles. The standard InChI is InChI=1S/C17H25N3O/c1-12-8-9-14(17(18)19-21)16(11-12)20-10-4-6-13-5-2-3-7-15(13)20/h8-9,11,13,15,21H,2-7,10H2,1H3,(H2,18,19). The van der Waals surface area contributed by atoms with Crippen LogP contribution in [-0.4, -0.2) is 23.6 Å². The number of nitrogens with zero attached hydrogens (tertiary/aromatic N) is 2. The number of rotatable bonds is 2. The number of nitrogens with two attached hydrogens (primary N) is 1. The highest BCUT2D eigenvalue weighted by Crippen LogP contribution is 2.39. The van der Waals surface area contributed by atoms with Crippen molar-refractivity contribution in [2.24, 2.45) is 16.8 Å². The predicted molar refractivity (Wildman–Crippen MR) is 86.0 cm³/mol. The van der Waals surface area contributed by atoms with Gasteiger partial charge < -0.3 is 15.8 Å². The molecule has 0 radical (unpaired) electrons. The third-order valence-electron chi connectivity index (χ3n) is 5.09. The van der Waals surface area contributed by atoms with Crippen molar-refractivity contribution in [3.05, 3.63) is 29.3 Å². The molecule has 1 aliphatic heterocycles. The summed E-state index contributed by atoms with van der Waals surface area (Å²) in [5, 5.41) is 12.3. The Morgan fingerprint density at radius 1 is 1.24 bits per heavy atom. The molecule has 21 heavy (non-hydrogen) atoms. The summed E-state index contributed by atoms with van der Waals surface area (Å²) < 4.78 is 0. The fraction of sp³-hybridized carbons (Fsp3) is 0.588. The second-order valence-corrected chi connectivity index (χ2v) is 6.45. The second-order valence-electron chi connectivity index (χ2n) is 6.45. The van der Waals surface area contributed by atoms with Crippen molar-refractivity contribution in [2.75, 3.05) is 11.4 Å². The Morgan fingerprint density at radius 2 is 2.00 bits per heavy atom. The van der Waals surface area contributed by atoms with E-state index in [1.165, 1.54) is 44.1 Å². The van der Waals surface area contributed by atoms with Gasteiger partial charge in [0.05, 0.1) is 0 Å². The van der Waals surface area contributed by atoms with Crippen LogP contribution in [0.25, 0.3) is 0 Å². The summed E-state index contributed by atoms with van der Waals surface area (Å²) in [6.45, 7) is 3.18. The number of amidine groups is 1. The van der Waals surface area contributed by atoms with E-state index < -0.39 is 0 Å². The van der Waals surface area contributed by atoms with Crippen molar-refractivity contribution in [3.63, 3.8) is 0 Å². The van der Waals surface area contributed by atoms with E-state index in [-0.39, 0.29) is 5.84 Å². The SMILES string of the molecule is Cc1ccc(C(N)=NO)c(N2CCCC3CCCCC32)c1. The average molecular weight is 287 g/mol. The van der Waals surface area contributed by atoms with E-state index in [9.17, 15) is 0 Å². The summed E-state index contributed by atoms with van der Waals surface area (Å²) in [5.41, 5.74) is 9.11. The second kappa shape index (κ2) is 5.96. The zero-order valence-electron chi connectivity index (χ0n) is 12.8. The summed E-state index contributed by atoms with van der Waals surface area (Å²) in [6.07, 6.45) is 7.91. The van der Waals surface area contributed by atoms with Gasteiger partial charge in [-0.2, -0.15) is 0 Å². The third-order valence-corrected chi connectivity index (χ3v) is 5.09.